The van der Waals surface area contributed by atoms with Gasteiger partial charge in [-0.2, -0.15) is 0 Å². The predicted octanol–water partition coefficient (Wildman–Crippen LogP) is 3.79. The van der Waals surface area contributed by atoms with Gasteiger partial charge in [0.1, 0.15) is 5.76 Å². The van der Waals surface area contributed by atoms with Gasteiger partial charge < -0.3 is 10.2 Å². The normalized spacial score (nSPS) is 12.8. The number of fused-ring (bicyclic) bond motifs is 1. The van der Waals surface area contributed by atoms with E-state index in [-0.39, 0.29) is 6.04 Å². The van der Waals surface area contributed by atoms with Gasteiger partial charge in [0, 0.05) is 0 Å². The Hall–Kier alpha value is -2.06. The minimum atomic E-state index is -0.204. The molecule has 0 bridgehead atoms. The number of furan rings is 1. The Bertz CT molecular complexity index is 684. The Morgan fingerprint density at radius 2 is 1.78 bits per heavy atom. The summed E-state index contributed by atoms with van der Waals surface area (Å²) in [5, 5.41) is 2.43. The van der Waals surface area contributed by atoms with E-state index in [0.717, 1.165) is 16.9 Å². The van der Waals surface area contributed by atoms with Crippen molar-refractivity contribution in [2.75, 3.05) is 0 Å². The molecular formula is C16H15NO. The molecule has 0 spiro atoms. The molecule has 3 rings (SSSR count). The SMILES string of the molecule is Cc1ccoc1C(N)c1ccc2ccccc2c1. The number of hydrogen-bond acceptors (Lipinski definition) is 2. The molecule has 1 aromatic heterocycles. The second-order valence-electron chi connectivity index (χ2n) is 4.55. The molecule has 1 unspecified atom stereocenters. The van der Waals surface area contributed by atoms with Crippen molar-refractivity contribution in [3.8, 4) is 0 Å². The summed E-state index contributed by atoms with van der Waals surface area (Å²) in [5.74, 6) is 0.838. The zero-order valence-electron chi connectivity index (χ0n) is 10.3. The summed E-state index contributed by atoms with van der Waals surface area (Å²) in [4.78, 5) is 0. The highest BCUT2D eigenvalue weighted by molar-refractivity contribution is 5.83. The first-order chi connectivity index (χ1) is 8.75. The third kappa shape index (κ3) is 1.81. The molecule has 0 aliphatic heterocycles. The van der Waals surface area contributed by atoms with E-state index in [1.165, 1.54) is 10.8 Å². The van der Waals surface area contributed by atoms with Gasteiger partial charge in [0.05, 0.1) is 12.3 Å². The lowest BCUT2D eigenvalue weighted by atomic mass is 9.99. The van der Waals surface area contributed by atoms with Gasteiger partial charge in [-0.15, -0.1) is 0 Å². The van der Waals surface area contributed by atoms with Crippen LogP contribution >= 0.6 is 0 Å². The predicted molar refractivity (Wildman–Crippen MR) is 73.4 cm³/mol. The van der Waals surface area contributed by atoms with Crippen LogP contribution in [0.3, 0.4) is 0 Å². The summed E-state index contributed by atoms with van der Waals surface area (Å²) in [6.07, 6.45) is 1.69. The fraction of sp³-hybridized carbons (Fsp3) is 0.125. The van der Waals surface area contributed by atoms with Crippen molar-refractivity contribution in [1.29, 1.82) is 0 Å². The van der Waals surface area contributed by atoms with Crippen LogP contribution in [0.15, 0.2) is 59.2 Å². The molecule has 0 aliphatic carbocycles. The maximum absolute atomic E-state index is 6.26. The molecule has 18 heavy (non-hydrogen) atoms. The standard InChI is InChI=1S/C16H15NO/c1-11-8-9-18-16(11)15(17)14-7-6-12-4-2-3-5-13(12)10-14/h2-10,15H,17H2,1H3. The van der Waals surface area contributed by atoms with E-state index in [1.807, 2.05) is 25.1 Å². The lowest BCUT2D eigenvalue weighted by molar-refractivity contribution is 0.487. The summed E-state index contributed by atoms with van der Waals surface area (Å²) < 4.78 is 5.47. The van der Waals surface area contributed by atoms with Crippen LogP contribution < -0.4 is 5.73 Å². The smallest absolute Gasteiger partial charge is 0.127 e. The molecule has 2 aromatic carbocycles. The molecule has 2 N–H and O–H groups in total. The van der Waals surface area contributed by atoms with Gasteiger partial charge in [-0.1, -0.05) is 36.4 Å². The molecule has 0 fully saturated rings. The molecule has 0 amide bonds. The summed E-state index contributed by atoms with van der Waals surface area (Å²) in [6, 6.07) is 16.3. The van der Waals surface area contributed by atoms with Crippen molar-refractivity contribution in [2.45, 2.75) is 13.0 Å². The average molecular weight is 237 g/mol. The topological polar surface area (TPSA) is 39.2 Å². The second-order valence-corrected chi connectivity index (χ2v) is 4.55. The number of benzene rings is 2. The molecule has 3 aromatic rings. The lowest BCUT2D eigenvalue weighted by Crippen LogP contribution is -2.11. The third-order valence-electron chi connectivity index (χ3n) is 3.32. The van der Waals surface area contributed by atoms with E-state index in [0.29, 0.717) is 0 Å². The van der Waals surface area contributed by atoms with Gasteiger partial charge >= 0.3 is 0 Å². The lowest BCUT2D eigenvalue weighted by Gasteiger charge is -2.11. The maximum atomic E-state index is 6.26. The van der Waals surface area contributed by atoms with E-state index in [1.54, 1.807) is 6.26 Å². The first-order valence-corrected chi connectivity index (χ1v) is 6.04. The van der Waals surface area contributed by atoms with Gasteiger partial charge in [-0.3, -0.25) is 0 Å². The fourth-order valence-electron chi connectivity index (χ4n) is 2.26. The van der Waals surface area contributed by atoms with Gasteiger partial charge in [-0.25, -0.2) is 0 Å². The highest BCUT2D eigenvalue weighted by atomic mass is 16.3. The molecule has 0 saturated heterocycles. The Morgan fingerprint density at radius 1 is 1.00 bits per heavy atom. The van der Waals surface area contributed by atoms with E-state index < -0.39 is 0 Å². The van der Waals surface area contributed by atoms with Crippen LogP contribution in [-0.2, 0) is 0 Å². The van der Waals surface area contributed by atoms with Gasteiger partial charge in [-0.05, 0) is 41.0 Å². The highest BCUT2D eigenvalue weighted by Gasteiger charge is 2.14. The fourth-order valence-corrected chi connectivity index (χ4v) is 2.26. The van der Waals surface area contributed by atoms with Crippen molar-refractivity contribution in [1.82, 2.24) is 0 Å². The van der Waals surface area contributed by atoms with Crippen LogP contribution in [0, 0.1) is 6.92 Å². The van der Waals surface area contributed by atoms with E-state index >= 15 is 0 Å². The molecule has 2 heteroatoms. The van der Waals surface area contributed by atoms with Crippen LogP contribution in [0.2, 0.25) is 0 Å². The first kappa shape index (κ1) is 11.1. The minimum absolute atomic E-state index is 0.204. The summed E-state index contributed by atoms with van der Waals surface area (Å²) in [7, 11) is 0. The minimum Gasteiger partial charge on any atom is -0.467 e. The van der Waals surface area contributed by atoms with Crippen molar-refractivity contribution < 1.29 is 4.42 Å². The highest BCUT2D eigenvalue weighted by Crippen LogP contribution is 2.26. The molecule has 1 heterocycles. The van der Waals surface area contributed by atoms with Crippen LogP contribution in [0.4, 0.5) is 0 Å². The number of aryl methyl sites for hydroxylation is 1. The summed E-state index contributed by atoms with van der Waals surface area (Å²) in [6.45, 7) is 2.01. The molecule has 1 atom stereocenters. The molecule has 2 nitrogen and oxygen atoms in total. The third-order valence-corrected chi connectivity index (χ3v) is 3.32. The largest absolute Gasteiger partial charge is 0.467 e. The molecule has 0 radical (unpaired) electrons. The van der Waals surface area contributed by atoms with Crippen molar-refractivity contribution in [2.24, 2.45) is 5.73 Å². The van der Waals surface area contributed by atoms with Crippen LogP contribution in [0.25, 0.3) is 10.8 Å². The molecule has 0 saturated carbocycles. The monoisotopic (exact) mass is 237 g/mol. The number of rotatable bonds is 2. The molecule has 90 valence electrons. The van der Waals surface area contributed by atoms with Crippen molar-refractivity contribution in [3.63, 3.8) is 0 Å². The van der Waals surface area contributed by atoms with Crippen LogP contribution in [0.1, 0.15) is 22.9 Å². The van der Waals surface area contributed by atoms with Gasteiger partial charge in [0.15, 0.2) is 0 Å². The summed E-state index contributed by atoms with van der Waals surface area (Å²) in [5.41, 5.74) is 8.43. The molecule has 0 aliphatic rings. The Balaban J connectivity index is 2.07. The van der Waals surface area contributed by atoms with E-state index in [4.69, 9.17) is 10.2 Å². The van der Waals surface area contributed by atoms with Crippen molar-refractivity contribution >= 4 is 10.8 Å². The number of hydrogen-bond donors (Lipinski definition) is 1. The average Bonchev–Trinajstić information content (AvgIpc) is 2.83. The van der Waals surface area contributed by atoms with Crippen LogP contribution in [-0.4, -0.2) is 0 Å². The zero-order chi connectivity index (χ0) is 12.5. The van der Waals surface area contributed by atoms with Gasteiger partial charge in [0.25, 0.3) is 0 Å². The number of nitrogens with two attached hydrogens (primary N) is 1. The Kier molecular flexibility index (Phi) is 2.65. The second kappa shape index (κ2) is 4.31. The van der Waals surface area contributed by atoms with E-state index in [9.17, 15) is 0 Å². The zero-order valence-corrected chi connectivity index (χ0v) is 10.3. The maximum Gasteiger partial charge on any atom is 0.127 e. The quantitative estimate of drug-likeness (QED) is 0.736. The first-order valence-electron chi connectivity index (χ1n) is 6.04. The van der Waals surface area contributed by atoms with Crippen molar-refractivity contribution in [3.05, 3.63) is 71.7 Å². The van der Waals surface area contributed by atoms with Gasteiger partial charge in [0.2, 0.25) is 0 Å². The Morgan fingerprint density at radius 3 is 2.50 bits per heavy atom. The summed E-state index contributed by atoms with van der Waals surface area (Å²) >= 11 is 0. The molecular weight excluding hydrogens is 222 g/mol. The van der Waals surface area contributed by atoms with E-state index in [2.05, 4.69) is 30.3 Å². The Labute approximate surface area is 106 Å². The van der Waals surface area contributed by atoms with Crippen LogP contribution in [0.5, 0.6) is 0 Å².